The first-order valence-corrected chi connectivity index (χ1v) is 33.6. The fraction of sp³-hybridized carbons (Fsp3) is 0.647. The van der Waals surface area contributed by atoms with Crippen molar-refractivity contribution in [2.45, 2.75) is 189 Å². The second-order valence-corrected chi connectivity index (χ2v) is 28.5. The van der Waals surface area contributed by atoms with Crippen molar-refractivity contribution in [2.24, 2.45) is 71.0 Å². The Morgan fingerprint density at radius 1 is 0.316 bits per heavy atom. The van der Waals surface area contributed by atoms with Crippen molar-refractivity contribution in [3.8, 4) is 0 Å². The molecule has 0 spiro atoms. The van der Waals surface area contributed by atoms with Crippen LogP contribution in [0.2, 0.25) is 0 Å². The number of unbranched alkanes of at least 4 members (excludes halogenated alkanes) is 1. The molecule has 8 heteroatoms. The van der Waals surface area contributed by atoms with Gasteiger partial charge in [0.25, 0.3) is 0 Å². The van der Waals surface area contributed by atoms with Gasteiger partial charge in [0.2, 0.25) is 0 Å². The van der Waals surface area contributed by atoms with Crippen LogP contribution in [0.3, 0.4) is 0 Å². The summed E-state index contributed by atoms with van der Waals surface area (Å²) in [6, 6.07) is 46.0. The van der Waals surface area contributed by atoms with Gasteiger partial charge < -0.3 is 27.1 Å². The van der Waals surface area contributed by atoms with Gasteiger partial charge >= 0.3 is 17.2 Å². The van der Waals surface area contributed by atoms with E-state index in [0.29, 0.717) is 84.2 Å². The number of hydrogen-bond donors (Lipinski definition) is 0. The van der Waals surface area contributed by atoms with Gasteiger partial charge in [-0.1, -0.05) is 198 Å². The summed E-state index contributed by atoms with van der Waals surface area (Å²) >= 11 is 0. The first-order valence-electron chi connectivity index (χ1n) is 31.4. The summed E-state index contributed by atoms with van der Waals surface area (Å²) in [4.78, 5) is 0. The lowest BCUT2D eigenvalue weighted by atomic mass is 9.49. The maximum atomic E-state index is 7.62. The van der Waals surface area contributed by atoms with E-state index in [2.05, 4.69) is 121 Å². The quantitative estimate of drug-likeness (QED) is 0.110. The summed E-state index contributed by atoms with van der Waals surface area (Å²) in [5.74, 6) is 9.20. The molecule has 10 fully saturated rings. The molecule has 2 heterocycles. The van der Waals surface area contributed by atoms with E-state index in [9.17, 15) is 0 Å². The molecule has 2 aliphatic heterocycles. The van der Waals surface area contributed by atoms with Gasteiger partial charge in [0.05, 0.1) is 37.6 Å². The molecule has 4 aromatic rings. The molecule has 14 rings (SSSR count). The van der Waals surface area contributed by atoms with Crippen molar-refractivity contribution in [3.63, 3.8) is 0 Å². The van der Waals surface area contributed by atoms with Crippen LogP contribution in [0.15, 0.2) is 121 Å². The zero-order valence-corrected chi connectivity index (χ0v) is 47.2. The summed E-state index contributed by atoms with van der Waals surface area (Å²) in [5, 5.41) is 0. The van der Waals surface area contributed by atoms with Crippen LogP contribution in [-0.2, 0) is 27.1 Å². The Labute approximate surface area is 459 Å². The van der Waals surface area contributed by atoms with Gasteiger partial charge in [-0.25, -0.2) is 0 Å². The first kappa shape index (κ1) is 51.6. The second-order valence-electron chi connectivity index (χ2n) is 26.3. The first-order chi connectivity index (χ1) is 37.7. The monoisotopic (exact) mass is 1060 g/mol. The van der Waals surface area contributed by atoms with Crippen molar-refractivity contribution < 1.29 is 27.1 Å². The minimum absolute atomic E-state index is 0.107. The van der Waals surface area contributed by atoms with Crippen LogP contribution < -0.4 is 0 Å². The molecule has 0 radical (unpaired) electrons. The average molecular weight is 1060 g/mol. The molecule has 0 amide bonds. The number of hydrogen-bond acceptors (Lipinski definition) is 6. The van der Waals surface area contributed by atoms with Crippen LogP contribution in [0.5, 0.6) is 0 Å². The third kappa shape index (κ3) is 10.2. The van der Waals surface area contributed by atoms with Gasteiger partial charge in [-0.3, -0.25) is 0 Å². The molecule has 8 aliphatic carbocycles. The number of fused-ring (bicyclic) bond motifs is 14. The molecule has 406 valence electrons. The molecule has 4 aromatic carbocycles. The lowest BCUT2D eigenvalue weighted by Gasteiger charge is -2.57. The van der Waals surface area contributed by atoms with Crippen molar-refractivity contribution in [1.29, 1.82) is 0 Å². The number of benzene rings is 4. The minimum atomic E-state index is -1.58. The van der Waals surface area contributed by atoms with E-state index in [1.54, 1.807) is 0 Å². The topological polar surface area (TPSA) is 55.4 Å². The highest BCUT2D eigenvalue weighted by Gasteiger charge is 2.62. The van der Waals surface area contributed by atoms with Crippen molar-refractivity contribution in [2.75, 3.05) is 13.2 Å². The zero-order chi connectivity index (χ0) is 50.4. The SMILES string of the molecule is c1ccc(C2CC3CCCCC3C3C2OP(OCCCCOP2OC4C(c5ccccc5)CC5CCCCC5C4C4C5CCCCC5C[C@@H](c5ccccc5)C4O2)OC2C3C3CCCCC3C[C@H]2c2ccccc2)cc1. The zero-order valence-electron chi connectivity index (χ0n) is 45.4. The Morgan fingerprint density at radius 2 is 0.553 bits per heavy atom. The normalized spacial score (nSPS) is 42.8. The summed E-state index contributed by atoms with van der Waals surface area (Å²) in [6.07, 6.45) is 28.8. The van der Waals surface area contributed by atoms with Crippen LogP contribution in [0.1, 0.15) is 187 Å². The molecule has 8 saturated carbocycles. The predicted molar refractivity (Wildman–Crippen MR) is 305 cm³/mol. The lowest BCUT2D eigenvalue weighted by Crippen LogP contribution is -2.55. The molecule has 10 aliphatic rings. The molecule has 0 N–H and O–H groups in total. The van der Waals surface area contributed by atoms with Gasteiger partial charge in [0, 0.05) is 23.7 Å². The molecule has 20 unspecified atom stereocenters. The minimum Gasteiger partial charge on any atom is -0.312 e. The van der Waals surface area contributed by atoms with Crippen LogP contribution in [0.4, 0.5) is 0 Å². The Bertz CT molecular complexity index is 2130. The molecule has 76 heavy (non-hydrogen) atoms. The molecule has 0 bridgehead atoms. The molecular formula is C68H88O6P2. The maximum absolute atomic E-state index is 7.62. The van der Waals surface area contributed by atoms with Gasteiger partial charge in [0.15, 0.2) is 0 Å². The summed E-state index contributed by atoms with van der Waals surface area (Å²) in [6.45, 7) is 1.20. The van der Waals surface area contributed by atoms with Gasteiger partial charge in [-0.05, 0) is 157 Å². The highest BCUT2D eigenvalue weighted by molar-refractivity contribution is 7.42. The third-order valence-corrected chi connectivity index (χ3v) is 25.2. The maximum Gasteiger partial charge on any atom is 0.333 e. The van der Waals surface area contributed by atoms with Gasteiger partial charge in [-0.15, -0.1) is 0 Å². The predicted octanol–water partition coefficient (Wildman–Crippen LogP) is 18.3. The fourth-order valence-electron chi connectivity index (χ4n) is 19.8. The molecule has 22 atom stereocenters. The van der Waals surface area contributed by atoms with Crippen LogP contribution in [0.25, 0.3) is 0 Å². The summed E-state index contributed by atoms with van der Waals surface area (Å²) in [7, 11) is -3.15. The molecular weight excluding hydrogens is 975 g/mol. The smallest absolute Gasteiger partial charge is 0.312 e. The van der Waals surface area contributed by atoms with E-state index in [0.717, 1.165) is 36.5 Å². The van der Waals surface area contributed by atoms with Crippen molar-refractivity contribution in [1.82, 2.24) is 0 Å². The van der Waals surface area contributed by atoms with Gasteiger partial charge in [-0.2, -0.15) is 0 Å². The Kier molecular flexibility index (Phi) is 16.0. The number of rotatable bonds is 11. The van der Waals surface area contributed by atoms with Crippen molar-refractivity contribution >= 4 is 17.2 Å². The Hall–Kier alpha value is -2.50. The highest BCUT2D eigenvalue weighted by Crippen LogP contribution is 2.68. The van der Waals surface area contributed by atoms with E-state index in [1.165, 1.54) is 151 Å². The second kappa shape index (κ2) is 23.5. The molecule has 0 aromatic heterocycles. The fourth-order valence-corrected chi connectivity index (χ4v) is 22.6. The summed E-state index contributed by atoms with van der Waals surface area (Å²) in [5.41, 5.74) is 5.81. The third-order valence-electron chi connectivity index (χ3n) is 22.7. The van der Waals surface area contributed by atoms with E-state index in [1.807, 2.05) is 0 Å². The summed E-state index contributed by atoms with van der Waals surface area (Å²) < 4.78 is 44.7. The van der Waals surface area contributed by atoms with Crippen LogP contribution >= 0.6 is 17.2 Å². The van der Waals surface area contributed by atoms with E-state index in [4.69, 9.17) is 27.1 Å². The molecule has 2 saturated heterocycles. The molecule has 6 nitrogen and oxygen atoms in total. The highest BCUT2D eigenvalue weighted by atomic mass is 31.2. The average Bonchev–Trinajstić information content (AvgIpc) is 3.93. The Morgan fingerprint density at radius 3 is 0.803 bits per heavy atom. The Balaban J connectivity index is 0.728. The van der Waals surface area contributed by atoms with Crippen LogP contribution in [0, 0.1) is 71.0 Å². The van der Waals surface area contributed by atoms with E-state index < -0.39 is 17.2 Å². The van der Waals surface area contributed by atoms with Gasteiger partial charge in [0.1, 0.15) is 0 Å². The van der Waals surface area contributed by atoms with E-state index >= 15 is 0 Å². The largest absolute Gasteiger partial charge is 0.333 e. The van der Waals surface area contributed by atoms with Crippen molar-refractivity contribution in [3.05, 3.63) is 144 Å². The lowest BCUT2D eigenvalue weighted by molar-refractivity contribution is -0.0994. The van der Waals surface area contributed by atoms with Crippen LogP contribution in [-0.4, -0.2) is 37.6 Å². The standard InChI is InChI=1S/C68H88O6P2/c1-5-23-45(24-6-1)57-41-49-31-13-17-35-53(49)61-62-54-36-18-14-32-50(54)42-58(46-25-7-2-8-26-46)66(62)72-75(71-65(57)61)69-39-21-22-40-70-76-73-67-59(47-27-9-3-10-28-47)43-51-33-15-19-37-55(51)63(67)64-56-38-20-16-34-52(56)44-60(68(64)74-76)48-29-11-4-12-30-48/h1-12,23-30,49-68H,13-22,31-44H2/t49?,50?,51?,52?,53?,54?,55?,56?,57-,58?,59-,60?,61?,62?,63?,64?,65?,66?,67?,68?,75?,76?/m0/s1. The van der Waals surface area contributed by atoms with E-state index in [-0.39, 0.29) is 24.4 Å².